The highest BCUT2D eigenvalue weighted by Gasteiger charge is 2.31. The van der Waals surface area contributed by atoms with Gasteiger partial charge in [-0.05, 0) is 70.0 Å². The average Bonchev–Trinajstić information content (AvgIpc) is 2.88. The number of aromatic amines is 1. The lowest BCUT2D eigenvalue weighted by atomic mass is 9.92. The fourth-order valence-electron chi connectivity index (χ4n) is 5.70. The van der Waals surface area contributed by atoms with Crippen molar-refractivity contribution in [2.45, 2.75) is 63.3 Å². The number of aromatic nitrogens is 3. The highest BCUT2D eigenvalue weighted by molar-refractivity contribution is 5.92. The van der Waals surface area contributed by atoms with Crippen LogP contribution >= 0.6 is 0 Å². The fraction of sp³-hybridized carbons (Fsp3) is 0.600. The quantitative estimate of drug-likeness (QED) is 0.742. The molecule has 3 aliphatic rings. The molecular formula is C25H34N6O2. The molecule has 0 bridgehead atoms. The summed E-state index contributed by atoms with van der Waals surface area (Å²) in [5, 5.41) is 2.61. The molecule has 2 aromatic heterocycles. The SMILES string of the molecule is CNC(=O)c1ccc(N2CCC(N3CCCC(c4nc5c(c(=O)[nH]4)CCCC5)C3)CC2)cn1. The van der Waals surface area contributed by atoms with E-state index in [1.165, 1.54) is 0 Å². The normalized spacial score (nSPS) is 22.1. The molecule has 0 saturated carbocycles. The number of fused-ring (bicyclic) bond motifs is 1. The summed E-state index contributed by atoms with van der Waals surface area (Å²) in [5.41, 5.74) is 3.58. The van der Waals surface area contributed by atoms with Crippen molar-refractivity contribution in [3.05, 3.63) is 51.5 Å². The Bertz CT molecular complexity index is 1040. The van der Waals surface area contributed by atoms with Crippen LogP contribution < -0.4 is 15.8 Å². The van der Waals surface area contributed by atoms with Gasteiger partial charge in [0.1, 0.15) is 11.5 Å². The van der Waals surface area contributed by atoms with E-state index in [1.54, 1.807) is 19.3 Å². The largest absolute Gasteiger partial charge is 0.370 e. The second-order valence-electron chi connectivity index (χ2n) is 9.62. The number of likely N-dealkylation sites (tertiary alicyclic amines) is 1. The van der Waals surface area contributed by atoms with E-state index >= 15 is 0 Å². The second kappa shape index (κ2) is 9.63. The third-order valence-corrected chi connectivity index (χ3v) is 7.60. The van der Waals surface area contributed by atoms with Gasteiger partial charge in [0.15, 0.2) is 0 Å². The smallest absolute Gasteiger partial charge is 0.269 e. The summed E-state index contributed by atoms with van der Waals surface area (Å²) in [7, 11) is 1.62. The number of hydrogen-bond acceptors (Lipinski definition) is 6. The Morgan fingerprint density at radius 3 is 2.67 bits per heavy atom. The zero-order valence-electron chi connectivity index (χ0n) is 19.5. The molecule has 8 nitrogen and oxygen atoms in total. The Morgan fingerprint density at radius 2 is 1.91 bits per heavy atom. The van der Waals surface area contributed by atoms with Gasteiger partial charge in [0.2, 0.25) is 0 Å². The van der Waals surface area contributed by atoms with E-state index < -0.39 is 0 Å². The van der Waals surface area contributed by atoms with E-state index in [4.69, 9.17) is 4.98 Å². The van der Waals surface area contributed by atoms with Gasteiger partial charge in [-0.3, -0.25) is 14.5 Å². The van der Waals surface area contributed by atoms with E-state index in [0.717, 1.165) is 100 Å². The van der Waals surface area contributed by atoms with E-state index in [9.17, 15) is 9.59 Å². The summed E-state index contributed by atoms with van der Waals surface area (Å²) in [5.74, 6) is 1.07. The zero-order valence-corrected chi connectivity index (χ0v) is 19.5. The van der Waals surface area contributed by atoms with Crippen LogP contribution in [0.1, 0.15) is 72.0 Å². The Labute approximate surface area is 194 Å². The highest BCUT2D eigenvalue weighted by Crippen LogP contribution is 2.30. The molecule has 5 rings (SSSR count). The zero-order chi connectivity index (χ0) is 22.8. The lowest BCUT2D eigenvalue weighted by Gasteiger charge is -2.42. The number of nitrogens with one attached hydrogen (secondary N) is 2. The minimum absolute atomic E-state index is 0.0937. The Morgan fingerprint density at radius 1 is 1.09 bits per heavy atom. The molecule has 1 amide bonds. The van der Waals surface area contributed by atoms with Crippen molar-refractivity contribution in [2.75, 3.05) is 38.1 Å². The third-order valence-electron chi connectivity index (χ3n) is 7.60. The molecule has 1 unspecified atom stereocenters. The summed E-state index contributed by atoms with van der Waals surface area (Å²) < 4.78 is 0. The van der Waals surface area contributed by atoms with Gasteiger partial charge in [0.25, 0.3) is 11.5 Å². The first kappa shape index (κ1) is 22.1. The van der Waals surface area contributed by atoms with Crippen molar-refractivity contribution >= 4 is 11.6 Å². The van der Waals surface area contributed by atoms with Crippen molar-refractivity contribution in [1.29, 1.82) is 0 Å². The number of aryl methyl sites for hydroxylation is 1. The van der Waals surface area contributed by atoms with Gasteiger partial charge in [-0.2, -0.15) is 0 Å². The molecule has 2 saturated heterocycles. The molecule has 0 radical (unpaired) electrons. The second-order valence-corrected chi connectivity index (χ2v) is 9.62. The number of nitrogens with zero attached hydrogens (tertiary/aromatic N) is 4. The molecule has 0 aromatic carbocycles. The molecule has 2 N–H and O–H groups in total. The van der Waals surface area contributed by atoms with Gasteiger partial charge in [0.05, 0.1) is 17.6 Å². The van der Waals surface area contributed by atoms with Crippen LogP contribution in [0.25, 0.3) is 0 Å². The monoisotopic (exact) mass is 450 g/mol. The molecule has 176 valence electrons. The predicted octanol–water partition coefficient (Wildman–Crippen LogP) is 2.25. The molecular weight excluding hydrogens is 416 g/mol. The molecule has 2 aromatic rings. The van der Waals surface area contributed by atoms with E-state index in [2.05, 4.69) is 25.1 Å². The van der Waals surface area contributed by atoms with Crippen LogP contribution in [0.3, 0.4) is 0 Å². The van der Waals surface area contributed by atoms with Gasteiger partial charge in [-0.25, -0.2) is 9.97 Å². The van der Waals surface area contributed by atoms with Crippen LogP contribution in [0, 0.1) is 0 Å². The number of pyridine rings is 1. The Hall–Kier alpha value is -2.74. The van der Waals surface area contributed by atoms with Gasteiger partial charge in [-0.15, -0.1) is 0 Å². The summed E-state index contributed by atoms with van der Waals surface area (Å²) in [4.78, 5) is 41.7. The topological polar surface area (TPSA) is 94.2 Å². The molecule has 4 heterocycles. The number of H-pyrrole nitrogens is 1. The van der Waals surface area contributed by atoms with Crippen molar-refractivity contribution in [2.24, 2.45) is 0 Å². The summed E-state index contributed by atoms with van der Waals surface area (Å²) in [6, 6.07) is 4.35. The van der Waals surface area contributed by atoms with Gasteiger partial charge < -0.3 is 15.2 Å². The van der Waals surface area contributed by atoms with Crippen LogP contribution in [-0.4, -0.2) is 65.0 Å². The molecule has 1 aliphatic carbocycles. The van der Waals surface area contributed by atoms with Crippen LogP contribution in [0.4, 0.5) is 5.69 Å². The lowest BCUT2D eigenvalue weighted by Crippen LogP contribution is -2.48. The van der Waals surface area contributed by atoms with Gasteiger partial charge >= 0.3 is 0 Å². The molecule has 8 heteroatoms. The lowest BCUT2D eigenvalue weighted by molar-refractivity contribution is 0.0958. The van der Waals surface area contributed by atoms with Crippen LogP contribution in [0.2, 0.25) is 0 Å². The van der Waals surface area contributed by atoms with Crippen molar-refractivity contribution < 1.29 is 4.79 Å². The molecule has 2 fully saturated rings. The molecule has 0 spiro atoms. The first-order chi connectivity index (χ1) is 16.1. The van der Waals surface area contributed by atoms with Crippen molar-refractivity contribution in [3.8, 4) is 0 Å². The van der Waals surface area contributed by atoms with E-state index in [-0.39, 0.29) is 11.5 Å². The summed E-state index contributed by atoms with van der Waals surface area (Å²) in [6.45, 7) is 4.08. The van der Waals surface area contributed by atoms with Gasteiger partial charge in [0, 0.05) is 44.2 Å². The van der Waals surface area contributed by atoms with Crippen molar-refractivity contribution in [1.82, 2.24) is 25.2 Å². The maximum absolute atomic E-state index is 12.6. The van der Waals surface area contributed by atoms with E-state index in [1.807, 2.05) is 6.07 Å². The number of hydrogen-bond donors (Lipinski definition) is 2. The molecule has 1 atom stereocenters. The predicted molar refractivity (Wildman–Crippen MR) is 128 cm³/mol. The minimum atomic E-state index is -0.158. The number of carbonyl (C=O) groups is 1. The number of anilines is 1. The summed E-state index contributed by atoms with van der Waals surface area (Å²) in [6.07, 6.45) is 10.3. The first-order valence-corrected chi connectivity index (χ1v) is 12.4. The maximum atomic E-state index is 12.6. The number of carbonyl (C=O) groups excluding carboxylic acids is 1. The summed E-state index contributed by atoms with van der Waals surface area (Å²) >= 11 is 0. The number of piperidine rings is 2. The standard InChI is InChI=1S/C25H34N6O2/c1-26-25(33)22-9-8-19(15-27-22)30-13-10-18(11-14-30)31-12-4-5-17(16-31)23-28-21-7-3-2-6-20(21)24(32)29-23/h8-9,15,17-18H,2-7,10-14,16H2,1H3,(H,26,33)(H,28,29,32). The Kier molecular flexibility index (Phi) is 6.44. The fourth-order valence-corrected chi connectivity index (χ4v) is 5.70. The third kappa shape index (κ3) is 4.67. The van der Waals surface area contributed by atoms with Crippen molar-refractivity contribution in [3.63, 3.8) is 0 Å². The number of rotatable bonds is 4. The Balaban J connectivity index is 1.20. The highest BCUT2D eigenvalue weighted by atomic mass is 16.1. The van der Waals surface area contributed by atoms with Gasteiger partial charge in [-0.1, -0.05) is 0 Å². The average molecular weight is 451 g/mol. The number of amides is 1. The van der Waals surface area contributed by atoms with Crippen LogP contribution in [0.15, 0.2) is 23.1 Å². The first-order valence-electron chi connectivity index (χ1n) is 12.4. The minimum Gasteiger partial charge on any atom is -0.370 e. The molecule has 2 aliphatic heterocycles. The maximum Gasteiger partial charge on any atom is 0.269 e. The molecule has 33 heavy (non-hydrogen) atoms. The van der Waals surface area contributed by atoms with Crippen LogP contribution in [0.5, 0.6) is 0 Å². The van der Waals surface area contributed by atoms with Crippen LogP contribution in [-0.2, 0) is 12.8 Å². The van der Waals surface area contributed by atoms with E-state index in [0.29, 0.717) is 17.7 Å².